The number of likely N-dealkylation sites (N-methyl/N-ethyl adjacent to an activating group) is 1. The van der Waals surface area contributed by atoms with Gasteiger partial charge in [-0.05, 0) is 7.05 Å². The predicted molar refractivity (Wildman–Crippen MR) is 73.4 cm³/mol. The highest BCUT2D eigenvalue weighted by molar-refractivity contribution is 7.92. The van der Waals surface area contributed by atoms with E-state index in [1.165, 1.54) is 11.4 Å². The molecular weight excluding hydrogens is 350 g/mol. The van der Waals surface area contributed by atoms with E-state index in [2.05, 4.69) is 13.9 Å². The molecule has 1 atom stereocenters. The number of hydrogen-bond donors (Lipinski definition) is 2. The van der Waals surface area contributed by atoms with Crippen molar-refractivity contribution >= 4 is 28.9 Å². The van der Waals surface area contributed by atoms with Gasteiger partial charge in [0.2, 0.25) is 0 Å². The smallest absolute Gasteiger partial charge is 0.186 e. The van der Waals surface area contributed by atoms with Crippen LogP contribution in [-0.2, 0) is 20.2 Å². The lowest BCUT2D eigenvalue weighted by atomic mass is 10.2. The molecule has 1 rings (SSSR count). The molecule has 1 aromatic carbocycles. The summed E-state index contributed by atoms with van der Waals surface area (Å²) in [4.78, 5) is 3.07. The van der Waals surface area contributed by atoms with Crippen LogP contribution in [0.25, 0.3) is 0 Å². The molecule has 0 fully saturated rings. The number of halogens is 4. The molecule has 0 aromatic heterocycles. The second-order valence-electron chi connectivity index (χ2n) is 3.82. The van der Waals surface area contributed by atoms with Crippen molar-refractivity contribution in [2.24, 2.45) is 0 Å². The Morgan fingerprint density at radius 3 is 2.27 bits per heavy atom. The molecule has 0 spiro atoms. The van der Waals surface area contributed by atoms with Crippen LogP contribution >= 0.6 is 12.2 Å². The molecule has 1 unspecified atom stereocenters. The standard InChI is InChI=1S/C10H13F4N3O3S2/c1-17(21-20-19-2)4-3-16-22(18)10-7(13)5(11)9(15)6(12)8(10)14/h16H,3-4,15H2,1-2H3. The van der Waals surface area contributed by atoms with Gasteiger partial charge in [-0.2, -0.15) is 0 Å². The first-order valence-electron chi connectivity index (χ1n) is 5.66. The number of nitrogens with two attached hydrogens (primary N) is 1. The van der Waals surface area contributed by atoms with Crippen LogP contribution in [0.15, 0.2) is 4.90 Å². The first kappa shape index (κ1) is 19.1. The van der Waals surface area contributed by atoms with Crippen molar-refractivity contribution in [3.8, 4) is 0 Å². The Kier molecular flexibility index (Phi) is 7.52. The maximum Gasteiger partial charge on any atom is 0.186 e. The fourth-order valence-corrected chi connectivity index (χ4v) is 2.54. The summed E-state index contributed by atoms with van der Waals surface area (Å²) < 4.78 is 73.7. The fraction of sp³-hybridized carbons (Fsp3) is 0.400. The van der Waals surface area contributed by atoms with Gasteiger partial charge in [0.25, 0.3) is 0 Å². The molecule has 0 saturated heterocycles. The lowest BCUT2D eigenvalue weighted by Gasteiger charge is -2.14. The highest BCUT2D eigenvalue weighted by Gasteiger charge is 2.27. The lowest BCUT2D eigenvalue weighted by Crippen LogP contribution is -2.28. The normalized spacial score (nSPS) is 12.9. The number of benzene rings is 1. The quantitative estimate of drug-likeness (QED) is 0.139. The zero-order chi connectivity index (χ0) is 16.9. The maximum absolute atomic E-state index is 13.6. The van der Waals surface area contributed by atoms with Gasteiger partial charge in [0.05, 0.1) is 7.11 Å². The second-order valence-corrected chi connectivity index (χ2v) is 5.97. The molecule has 0 saturated carbocycles. The third kappa shape index (κ3) is 4.54. The molecule has 0 heterocycles. The van der Waals surface area contributed by atoms with Crippen LogP contribution in [0.3, 0.4) is 0 Å². The zero-order valence-corrected chi connectivity index (χ0v) is 13.1. The third-order valence-electron chi connectivity index (χ3n) is 2.33. The summed E-state index contributed by atoms with van der Waals surface area (Å²) in [5.41, 5.74) is 3.55. The van der Waals surface area contributed by atoms with Gasteiger partial charge >= 0.3 is 0 Å². The molecule has 0 aliphatic heterocycles. The van der Waals surface area contributed by atoms with Gasteiger partial charge in [0, 0.05) is 13.1 Å². The largest absolute Gasteiger partial charge is 0.394 e. The zero-order valence-electron chi connectivity index (χ0n) is 11.5. The molecule has 0 amide bonds. The molecule has 1 aromatic rings. The van der Waals surface area contributed by atoms with Crippen molar-refractivity contribution in [2.75, 3.05) is 33.0 Å². The minimum absolute atomic E-state index is 0.0182. The van der Waals surface area contributed by atoms with Crippen molar-refractivity contribution in [1.29, 1.82) is 0 Å². The van der Waals surface area contributed by atoms with Gasteiger partial charge in [0.1, 0.15) is 33.8 Å². The fourth-order valence-electron chi connectivity index (χ4n) is 1.28. The molecule has 22 heavy (non-hydrogen) atoms. The Balaban J connectivity index is 2.75. The lowest BCUT2D eigenvalue weighted by molar-refractivity contribution is -0.163. The van der Waals surface area contributed by atoms with Crippen LogP contribution in [-0.4, -0.2) is 35.8 Å². The van der Waals surface area contributed by atoms with Crippen LogP contribution in [0.1, 0.15) is 0 Å². The second kappa shape index (κ2) is 8.64. The Morgan fingerprint density at radius 2 is 1.77 bits per heavy atom. The van der Waals surface area contributed by atoms with E-state index in [-0.39, 0.29) is 13.1 Å². The van der Waals surface area contributed by atoms with E-state index in [1.807, 2.05) is 0 Å². The van der Waals surface area contributed by atoms with Crippen LogP contribution in [0, 0.1) is 23.3 Å². The summed E-state index contributed by atoms with van der Waals surface area (Å²) in [6, 6.07) is 0. The third-order valence-corrected chi connectivity index (χ3v) is 4.16. The summed E-state index contributed by atoms with van der Waals surface area (Å²) in [5.74, 6) is -7.17. The summed E-state index contributed by atoms with van der Waals surface area (Å²) >= 11 is 0.825. The van der Waals surface area contributed by atoms with Gasteiger partial charge < -0.3 is 5.73 Å². The molecule has 12 heteroatoms. The Morgan fingerprint density at radius 1 is 1.23 bits per heavy atom. The molecule has 6 nitrogen and oxygen atoms in total. The van der Waals surface area contributed by atoms with Crippen molar-refractivity contribution in [3.63, 3.8) is 0 Å². The Bertz CT molecular complexity index is 536. The number of hydrogen-bond acceptors (Lipinski definition) is 6. The van der Waals surface area contributed by atoms with E-state index in [0.717, 1.165) is 12.2 Å². The number of nitrogens with zero attached hydrogens (tertiary/aromatic N) is 1. The van der Waals surface area contributed by atoms with Gasteiger partial charge in [-0.3, -0.25) is 0 Å². The Labute approximate surface area is 130 Å². The minimum Gasteiger partial charge on any atom is -0.394 e. The van der Waals surface area contributed by atoms with Crippen LogP contribution in [0.4, 0.5) is 23.2 Å². The number of anilines is 1. The van der Waals surface area contributed by atoms with Crippen molar-refractivity contribution in [2.45, 2.75) is 4.90 Å². The van der Waals surface area contributed by atoms with Crippen LogP contribution < -0.4 is 10.5 Å². The molecular formula is C10H13F4N3O3S2. The maximum atomic E-state index is 13.6. The van der Waals surface area contributed by atoms with E-state index < -0.39 is 44.8 Å². The molecule has 0 radical (unpaired) electrons. The summed E-state index contributed by atoms with van der Waals surface area (Å²) in [6.07, 6.45) is 0. The van der Waals surface area contributed by atoms with E-state index in [9.17, 15) is 21.8 Å². The van der Waals surface area contributed by atoms with Crippen molar-refractivity contribution in [3.05, 3.63) is 23.3 Å². The average molecular weight is 363 g/mol. The first-order valence-corrected chi connectivity index (χ1v) is 7.51. The molecule has 0 aliphatic carbocycles. The topological polar surface area (TPSA) is 76.8 Å². The first-order chi connectivity index (χ1) is 10.3. The number of rotatable bonds is 8. The van der Waals surface area contributed by atoms with Crippen LogP contribution in [0.2, 0.25) is 0 Å². The minimum atomic E-state index is -2.50. The van der Waals surface area contributed by atoms with Gasteiger partial charge in [-0.1, -0.05) is 0 Å². The van der Waals surface area contributed by atoms with Gasteiger partial charge in [0.15, 0.2) is 23.3 Å². The van der Waals surface area contributed by atoms with E-state index in [0.29, 0.717) is 0 Å². The summed E-state index contributed by atoms with van der Waals surface area (Å²) in [6.45, 7) is 0.207. The Hall–Kier alpha value is -0.920. The van der Waals surface area contributed by atoms with Gasteiger partial charge in [-0.15, -0.1) is 4.33 Å². The highest BCUT2D eigenvalue weighted by atomic mass is 32.2. The van der Waals surface area contributed by atoms with E-state index >= 15 is 0 Å². The average Bonchev–Trinajstić information content (AvgIpc) is 2.49. The summed E-state index contributed by atoms with van der Waals surface area (Å²) in [7, 11) is 0.390. The van der Waals surface area contributed by atoms with Gasteiger partial charge in [-0.25, -0.2) is 35.7 Å². The van der Waals surface area contributed by atoms with E-state index in [4.69, 9.17) is 5.73 Å². The van der Waals surface area contributed by atoms with Crippen molar-refractivity contribution in [1.82, 2.24) is 9.03 Å². The predicted octanol–water partition coefficient (Wildman–Crippen LogP) is 1.51. The van der Waals surface area contributed by atoms with Crippen LogP contribution in [0.5, 0.6) is 0 Å². The highest BCUT2D eigenvalue weighted by Crippen LogP contribution is 2.27. The number of nitrogen functional groups attached to an aromatic ring is 1. The summed E-state index contributed by atoms with van der Waals surface area (Å²) in [5, 5.41) is 0. The monoisotopic (exact) mass is 363 g/mol. The van der Waals surface area contributed by atoms with E-state index in [1.54, 1.807) is 7.05 Å². The molecule has 0 bridgehead atoms. The molecule has 0 aliphatic rings. The number of nitrogens with one attached hydrogen (secondary N) is 1. The SMILES string of the molecule is COOSN(C)CCNS(=O)c1c(F)c(F)c(N)c(F)c1F. The molecule has 126 valence electrons. The van der Waals surface area contributed by atoms with Crippen molar-refractivity contribution < 1.29 is 31.0 Å². The molecule has 3 N–H and O–H groups in total.